The van der Waals surface area contributed by atoms with Gasteiger partial charge in [0.2, 0.25) is 0 Å². The minimum absolute atomic E-state index is 0.227. The van der Waals surface area contributed by atoms with Crippen molar-refractivity contribution >= 4 is 11.9 Å². The van der Waals surface area contributed by atoms with E-state index in [-0.39, 0.29) is 5.41 Å². The van der Waals surface area contributed by atoms with Crippen LogP contribution in [0.2, 0.25) is 0 Å². The van der Waals surface area contributed by atoms with Gasteiger partial charge in [-0.3, -0.25) is 4.79 Å². The number of hydrogen-bond acceptors (Lipinski definition) is 4. The van der Waals surface area contributed by atoms with E-state index in [2.05, 4.69) is 4.74 Å². The van der Waals surface area contributed by atoms with Gasteiger partial charge in [-0.2, -0.15) is 22.0 Å². The fraction of sp³-hybridized carbons (Fsp3) is 0.882. The van der Waals surface area contributed by atoms with E-state index in [1.807, 2.05) is 20.8 Å². The molecule has 0 heterocycles. The van der Waals surface area contributed by atoms with E-state index in [1.165, 1.54) is 0 Å². The number of alkyl halides is 5. The molecule has 0 saturated heterocycles. The van der Waals surface area contributed by atoms with Crippen LogP contribution >= 0.6 is 0 Å². The predicted molar refractivity (Wildman–Crippen MR) is 84.5 cm³/mol. The monoisotopic (exact) mass is 390 g/mol. The minimum Gasteiger partial charge on any atom is -0.456 e. The zero-order valence-corrected chi connectivity index (χ0v) is 16.1. The van der Waals surface area contributed by atoms with Gasteiger partial charge in [-0.05, 0) is 24.2 Å². The van der Waals surface area contributed by atoms with Crippen molar-refractivity contribution in [2.45, 2.75) is 73.1 Å². The van der Waals surface area contributed by atoms with Gasteiger partial charge in [0.15, 0.2) is 12.7 Å². The highest BCUT2D eigenvalue weighted by molar-refractivity contribution is 5.80. The van der Waals surface area contributed by atoms with Crippen LogP contribution < -0.4 is 0 Å². The Bertz CT molecular complexity index is 501. The Balaban J connectivity index is 4.94. The van der Waals surface area contributed by atoms with Crippen LogP contribution in [0.3, 0.4) is 0 Å². The molecule has 0 aliphatic rings. The summed E-state index contributed by atoms with van der Waals surface area (Å²) in [7, 11) is 0. The number of carbonyl (C=O) groups excluding carboxylic acids is 2. The standard InChI is InChI=1S/C17H27F5O4/c1-10(12(23)25-9-16(18,19)17(20,21)22)26-13(24)11(15(5,6)7)8-14(2,3)4/h10-11H,8-9H2,1-7H3. The van der Waals surface area contributed by atoms with E-state index in [0.717, 1.165) is 6.92 Å². The van der Waals surface area contributed by atoms with Gasteiger partial charge in [-0.25, -0.2) is 4.79 Å². The average Bonchev–Trinajstić information content (AvgIpc) is 2.38. The summed E-state index contributed by atoms with van der Waals surface area (Å²) in [6.07, 6.45) is -7.00. The molecule has 0 aliphatic carbocycles. The van der Waals surface area contributed by atoms with Gasteiger partial charge in [0.05, 0.1) is 5.92 Å². The first-order chi connectivity index (χ1) is 11.3. The molecule has 0 amide bonds. The highest BCUT2D eigenvalue weighted by Gasteiger charge is 2.58. The lowest BCUT2D eigenvalue weighted by Gasteiger charge is -2.34. The summed E-state index contributed by atoms with van der Waals surface area (Å²) in [4.78, 5) is 24.0. The van der Waals surface area contributed by atoms with E-state index in [1.54, 1.807) is 20.8 Å². The zero-order valence-electron chi connectivity index (χ0n) is 16.1. The van der Waals surface area contributed by atoms with E-state index in [4.69, 9.17) is 4.74 Å². The number of halogens is 5. The molecule has 0 aliphatic heterocycles. The lowest BCUT2D eigenvalue weighted by Crippen LogP contribution is -2.43. The molecule has 9 heteroatoms. The molecule has 0 N–H and O–H groups in total. The number of rotatable bonds is 6. The molecule has 0 aromatic rings. The summed E-state index contributed by atoms with van der Waals surface area (Å²) in [5.74, 6) is -7.98. The molecule has 26 heavy (non-hydrogen) atoms. The quantitative estimate of drug-likeness (QED) is 0.485. The molecule has 0 fully saturated rings. The van der Waals surface area contributed by atoms with Crippen LogP contribution in [0.25, 0.3) is 0 Å². The van der Waals surface area contributed by atoms with Crippen LogP contribution in [0.15, 0.2) is 0 Å². The Morgan fingerprint density at radius 1 is 0.885 bits per heavy atom. The average molecular weight is 390 g/mol. The van der Waals surface area contributed by atoms with Gasteiger partial charge in [0.1, 0.15) is 0 Å². The van der Waals surface area contributed by atoms with E-state index >= 15 is 0 Å². The Labute approximate surface area is 150 Å². The van der Waals surface area contributed by atoms with Crippen molar-refractivity contribution in [3.05, 3.63) is 0 Å². The van der Waals surface area contributed by atoms with Crippen molar-refractivity contribution in [3.8, 4) is 0 Å². The zero-order chi connectivity index (χ0) is 21.1. The van der Waals surface area contributed by atoms with Gasteiger partial charge >= 0.3 is 24.0 Å². The maximum absolute atomic E-state index is 12.8. The van der Waals surface area contributed by atoms with Gasteiger partial charge in [0.25, 0.3) is 0 Å². The number of esters is 2. The molecule has 0 aromatic carbocycles. The molecular formula is C17H27F5O4. The van der Waals surface area contributed by atoms with Crippen molar-refractivity contribution in [1.29, 1.82) is 0 Å². The Morgan fingerprint density at radius 3 is 1.69 bits per heavy atom. The fourth-order valence-corrected chi connectivity index (χ4v) is 2.02. The highest BCUT2D eigenvalue weighted by atomic mass is 19.4. The van der Waals surface area contributed by atoms with Crippen molar-refractivity contribution in [2.75, 3.05) is 6.61 Å². The molecule has 154 valence electrons. The summed E-state index contributed by atoms with van der Waals surface area (Å²) in [5, 5.41) is 0. The molecule has 0 aromatic heterocycles. The number of hydrogen-bond donors (Lipinski definition) is 0. The molecule has 0 saturated carbocycles. The van der Waals surface area contributed by atoms with E-state index in [9.17, 15) is 31.5 Å². The lowest BCUT2D eigenvalue weighted by atomic mass is 9.72. The second kappa shape index (κ2) is 8.08. The third-order valence-electron chi connectivity index (χ3n) is 3.58. The second-order valence-electron chi connectivity index (χ2n) is 8.57. The third-order valence-corrected chi connectivity index (χ3v) is 3.58. The van der Waals surface area contributed by atoms with Crippen molar-refractivity contribution < 1.29 is 41.0 Å². The summed E-state index contributed by atoms with van der Waals surface area (Å²) in [6, 6.07) is 0. The van der Waals surface area contributed by atoms with Gasteiger partial charge in [0, 0.05) is 0 Å². The first kappa shape index (κ1) is 24.6. The number of ether oxygens (including phenoxy) is 2. The molecule has 2 unspecified atom stereocenters. The fourth-order valence-electron chi connectivity index (χ4n) is 2.02. The maximum Gasteiger partial charge on any atom is 0.456 e. The summed E-state index contributed by atoms with van der Waals surface area (Å²) in [6.45, 7) is 10.0. The normalized spacial score (nSPS) is 16.0. The predicted octanol–water partition coefficient (Wildman–Crippen LogP) is 4.76. The van der Waals surface area contributed by atoms with Crippen LogP contribution in [0.4, 0.5) is 22.0 Å². The van der Waals surface area contributed by atoms with E-state index < -0.39 is 48.1 Å². The molecule has 4 nitrogen and oxygen atoms in total. The largest absolute Gasteiger partial charge is 0.456 e. The van der Waals surface area contributed by atoms with E-state index in [0.29, 0.717) is 6.42 Å². The van der Waals surface area contributed by atoms with Crippen molar-refractivity contribution in [1.82, 2.24) is 0 Å². The first-order valence-corrected chi connectivity index (χ1v) is 8.09. The summed E-state index contributed by atoms with van der Waals surface area (Å²) in [5.41, 5.74) is -0.729. The summed E-state index contributed by atoms with van der Waals surface area (Å²) < 4.78 is 70.7. The topological polar surface area (TPSA) is 52.6 Å². The minimum atomic E-state index is -5.84. The molecule has 0 spiro atoms. The summed E-state index contributed by atoms with van der Waals surface area (Å²) >= 11 is 0. The lowest BCUT2D eigenvalue weighted by molar-refractivity contribution is -0.294. The van der Waals surface area contributed by atoms with Crippen molar-refractivity contribution in [2.24, 2.45) is 16.7 Å². The van der Waals surface area contributed by atoms with Crippen LogP contribution in [0, 0.1) is 16.7 Å². The van der Waals surface area contributed by atoms with Gasteiger partial charge in [-0.15, -0.1) is 0 Å². The molecule has 0 rings (SSSR count). The molecule has 0 bridgehead atoms. The van der Waals surface area contributed by atoms with Crippen LogP contribution in [0.5, 0.6) is 0 Å². The molecule has 0 radical (unpaired) electrons. The van der Waals surface area contributed by atoms with Crippen molar-refractivity contribution in [3.63, 3.8) is 0 Å². The van der Waals surface area contributed by atoms with Gasteiger partial charge < -0.3 is 9.47 Å². The van der Waals surface area contributed by atoms with Crippen LogP contribution in [-0.4, -0.2) is 36.7 Å². The SMILES string of the molecule is CC(OC(=O)C(CC(C)(C)C)C(C)(C)C)C(=O)OCC(F)(F)C(F)(F)F. The smallest absolute Gasteiger partial charge is 0.456 e. The van der Waals surface area contributed by atoms with Crippen LogP contribution in [0.1, 0.15) is 54.9 Å². The van der Waals surface area contributed by atoms with Crippen LogP contribution in [-0.2, 0) is 19.1 Å². The molecule has 2 atom stereocenters. The first-order valence-electron chi connectivity index (χ1n) is 8.09. The maximum atomic E-state index is 12.8. The molecular weight excluding hydrogens is 363 g/mol. The Hall–Kier alpha value is -1.41. The Kier molecular flexibility index (Phi) is 7.65. The second-order valence-corrected chi connectivity index (χ2v) is 8.57. The number of carbonyl (C=O) groups is 2. The Morgan fingerprint density at radius 2 is 1.35 bits per heavy atom. The highest BCUT2D eigenvalue weighted by Crippen LogP contribution is 2.37. The van der Waals surface area contributed by atoms with Gasteiger partial charge in [-0.1, -0.05) is 41.5 Å². The third kappa shape index (κ3) is 7.86.